The molecule has 4 rings (SSSR count). The largest absolute Gasteiger partial charge is 0.493 e. The molecule has 2 fully saturated rings. The molecule has 1 aliphatic heterocycles. The second-order valence-electron chi connectivity index (χ2n) is 8.60. The van der Waals surface area contributed by atoms with Crippen molar-refractivity contribution in [3.63, 3.8) is 0 Å². The normalized spacial score (nSPS) is 17.7. The first kappa shape index (κ1) is 24.2. The molecule has 182 valence electrons. The average Bonchev–Trinajstić information content (AvgIpc) is 3.68. The number of anilines is 1. The van der Waals surface area contributed by atoms with Gasteiger partial charge in [-0.1, -0.05) is 0 Å². The molecule has 7 nitrogen and oxygen atoms in total. The van der Waals surface area contributed by atoms with Crippen molar-refractivity contribution in [3.8, 4) is 11.5 Å². The molecule has 34 heavy (non-hydrogen) atoms. The highest BCUT2D eigenvalue weighted by Crippen LogP contribution is 2.32. The fraction of sp³-hybridized carbons (Fsp3) is 0.440. The van der Waals surface area contributed by atoms with Gasteiger partial charge in [-0.2, -0.15) is 0 Å². The number of carbonyl (C=O) groups excluding carboxylic acids is 1. The second kappa shape index (κ2) is 11.0. The number of hydrogen-bond acceptors (Lipinski definition) is 5. The molecule has 1 atom stereocenters. The molecular formula is C25H30FN3O4S. The average molecular weight is 488 g/mol. The quantitative estimate of drug-likeness (QED) is 0.569. The van der Waals surface area contributed by atoms with Crippen molar-refractivity contribution in [2.45, 2.75) is 18.9 Å². The number of rotatable bonds is 8. The van der Waals surface area contributed by atoms with Gasteiger partial charge >= 0.3 is 0 Å². The lowest BCUT2D eigenvalue weighted by atomic mass is 10.1. The molecular weight excluding hydrogens is 457 g/mol. The van der Waals surface area contributed by atoms with Crippen LogP contribution in [0.1, 0.15) is 23.2 Å². The van der Waals surface area contributed by atoms with Crippen LogP contribution in [0.15, 0.2) is 42.5 Å². The van der Waals surface area contributed by atoms with Crippen molar-refractivity contribution in [3.05, 3.63) is 53.8 Å². The number of ether oxygens (including phenoxy) is 3. The summed E-state index contributed by atoms with van der Waals surface area (Å²) < 4.78 is 29.9. The van der Waals surface area contributed by atoms with E-state index in [-0.39, 0.29) is 17.8 Å². The van der Waals surface area contributed by atoms with Gasteiger partial charge in [-0.15, -0.1) is 0 Å². The van der Waals surface area contributed by atoms with E-state index in [4.69, 9.17) is 26.4 Å². The summed E-state index contributed by atoms with van der Waals surface area (Å²) in [5.41, 5.74) is 1.29. The number of benzene rings is 2. The molecule has 0 spiro atoms. The van der Waals surface area contributed by atoms with E-state index in [2.05, 4.69) is 5.32 Å². The zero-order valence-electron chi connectivity index (χ0n) is 19.5. The van der Waals surface area contributed by atoms with Crippen LogP contribution in [0.5, 0.6) is 11.5 Å². The summed E-state index contributed by atoms with van der Waals surface area (Å²) in [4.78, 5) is 17.3. The fourth-order valence-electron chi connectivity index (χ4n) is 4.00. The van der Waals surface area contributed by atoms with E-state index in [1.165, 1.54) is 12.1 Å². The maximum atomic E-state index is 13.4. The molecule has 1 unspecified atom stereocenters. The summed E-state index contributed by atoms with van der Waals surface area (Å²) in [5.74, 6) is 1.29. The van der Waals surface area contributed by atoms with Gasteiger partial charge in [-0.25, -0.2) is 4.39 Å². The lowest BCUT2D eigenvalue weighted by Gasteiger charge is -2.37. The molecule has 0 aromatic heterocycles. The minimum Gasteiger partial charge on any atom is -0.493 e. The third-order valence-corrected chi connectivity index (χ3v) is 6.40. The topological polar surface area (TPSA) is 63.3 Å². The van der Waals surface area contributed by atoms with E-state index < -0.39 is 0 Å². The van der Waals surface area contributed by atoms with E-state index in [9.17, 15) is 9.18 Å². The highest BCUT2D eigenvalue weighted by atomic mass is 32.1. The standard InChI is InChI=1S/C25H30FN3O4S/c1-31-22-10-5-18(13-23(22)32-2)24(30)29(14-17-3-4-17)16-21-15-28(11-12-33-21)25(34)27-20-8-6-19(26)7-9-20/h5-10,13,17,21H,3-4,11-12,14-16H2,1-2H3,(H,27,34). The number of methoxy groups -OCH3 is 2. The number of morpholine rings is 1. The fourth-order valence-corrected chi connectivity index (χ4v) is 4.28. The SMILES string of the molecule is COc1ccc(C(=O)N(CC2CC2)CC2CN(C(=S)Nc3ccc(F)cc3)CCO2)cc1OC. The number of amides is 1. The predicted octanol–water partition coefficient (Wildman–Crippen LogP) is 3.79. The van der Waals surface area contributed by atoms with Crippen molar-refractivity contribution in [2.75, 3.05) is 52.3 Å². The van der Waals surface area contributed by atoms with Crippen LogP contribution in [-0.4, -0.2) is 73.9 Å². The highest BCUT2D eigenvalue weighted by Gasteiger charge is 2.31. The molecule has 1 saturated heterocycles. The second-order valence-corrected chi connectivity index (χ2v) is 8.99. The molecule has 2 aliphatic rings. The first-order valence-electron chi connectivity index (χ1n) is 11.4. The third kappa shape index (κ3) is 6.15. The van der Waals surface area contributed by atoms with Gasteiger partial charge in [0, 0.05) is 37.4 Å². The Kier molecular flexibility index (Phi) is 7.84. The Morgan fingerprint density at radius 2 is 1.88 bits per heavy atom. The zero-order chi connectivity index (χ0) is 24.1. The number of halogens is 1. The van der Waals surface area contributed by atoms with Crippen LogP contribution in [0.2, 0.25) is 0 Å². The van der Waals surface area contributed by atoms with Crippen LogP contribution in [0.3, 0.4) is 0 Å². The Balaban J connectivity index is 1.42. The van der Waals surface area contributed by atoms with Crippen LogP contribution in [0.4, 0.5) is 10.1 Å². The van der Waals surface area contributed by atoms with Gasteiger partial charge in [0.25, 0.3) is 5.91 Å². The van der Waals surface area contributed by atoms with Crippen LogP contribution in [0, 0.1) is 11.7 Å². The lowest BCUT2D eigenvalue weighted by molar-refractivity contribution is -0.0209. The van der Waals surface area contributed by atoms with Crippen molar-refractivity contribution in [1.29, 1.82) is 0 Å². The minimum absolute atomic E-state index is 0.0550. The van der Waals surface area contributed by atoms with Gasteiger partial charge in [0.1, 0.15) is 5.82 Å². The first-order valence-corrected chi connectivity index (χ1v) is 11.8. The van der Waals surface area contributed by atoms with E-state index in [1.54, 1.807) is 44.6 Å². The number of nitrogens with zero attached hydrogens (tertiary/aromatic N) is 2. The van der Waals surface area contributed by atoms with E-state index >= 15 is 0 Å². The first-order chi connectivity index (χ1) is 16.5. The summed E-state index contributed by atoms with van der Waals surface area (Å²) in [5, 5.41) is 3.71. The summed E-state index contributed by atoms with van der Waals surface area (Å²) in [6.07, 6.45) is 2.10. The molecule has 1 saturated carbocycles. The summed E-state index contributed by atoms with van der Waals surface area (Å²) in [6.45, 7) is 2.89. The molecule has 1 N–H and O–H groups in total. The highest BCUT2D eigenvalue weighted by molar-refractivity contribution is 7.80. The van der Waals surface area contributed by atoms with Gasteiger partial charge in [0.15, 0.2) is 16.6 Å². The Hall–Kier alpha value is -2.91. The number of carbonyl (C=O) groups is 1. The van der Waals surface area contributed by atoms with Crippen molar-refractivity contribution < 1.29 is 23.4 Å². The number of hydrogen-bond donors (Lipinski definition) is 1. The molecule has 1 aliphatic carbocycles. The van der Waals surface area contributed by atoms with E-state index in [0.29, 0.717) is 60.9 Å². The molecule has 2 aromatic carbocycles. The minimum atomic E-state index is -0.294. The van der Waals surface area contributed by atoms with Crippen molar-refractivity contribution in [1.82, 2.24) is 9.80 Å². The third-order valence-electron chi connectivity index (χ3n) is 6.04. The summed E-state index contributed by atoms with van der Waals surface area (Å²) in [6, 6.07) is 11.3. The molecule has 1 amide bonds. The van der Waals surface area contributed by atoms with Crippen LogP contribution in [-0.2, 0) is 4.74 Å². The summed E-state index contributed by atoms with van der Waals surface area (Å²) >= 11 is 5.57. The molecule has 9 heteroatoms. The monoisotopic (exact) mass is 487 g/mol. The predicted molar refractivity (Wildman–Crippen MR) is 132 cm³/mol. The van der Waals surface area contributed by atoms with E-state index in [0.717, 1.165) is 18.5 Å². The maximum Gasteiger partial charge on any atom is 0.254 e. The summed E-state index contributed by atoms with van der Waals surface area (Å²) in [7, 11) is 3.13. The number of nitrogens with one attached hydrogen (secondary N) is 1. The maximum absolute atomic E-state index is 13.4. The Morgan fingerprint density at radius 3 is 2.56 bits per heavy atom. The van der Waals surface area contributed by atoms with Crippen LogP contribution < -0.4 is 14.8 Å². The smallest absolute Gasteiger partial charge is 0.254 e. The molecule has 0 radical (unpaired) electrons. The zero-order valence-corrected chi connectivity index (χ0v) is 20.3. The van der Waals surface area contributed by atoms with Gasteiger partial charge < -0.3 is 29.3 Å². The molecule has 0 bridgehead atoms. The Labute approximate surface area is 204 Å². The van der Waals surface area contributed by atoms with Gasteiger partial charge in [-0.3, -0.25) is 4.79 Å². The number of thiocarbonyl (C=S) groups is 1. The van der Waals surface area contributed by atoms with Crippen LogP contribution in [0.25, 0.3) is 0 Å². The van der Waals surface area contributed by atoms with Crippen LogP contribution >= 0.6 is 12.2 Å². The van der Waals surface area contributed by atoms with Gasteiger partial charge in [0.05, 0.1) is 26.9 Å². The molecule has 1 heterocycles. The Morgan fingerprint density at radius 1 is 1.15 bits per heavy atom. The lowest BCUT2D eigenvalue weighted by Crippen LogP contribution is -2.51. The van der Waals surface area contributed by atoms with Crippen molar-refractivity contribution in [2.24, 2.45) is 5.92 Å². The molecule has 2 aromatic rings. The van der Waals surface area contributed by atoms with Crippen molar-refractivity contribution >= 4 is 28.9 Å². The van der Waals surface area contributed by atoms with Gasteiger partial charge in [-0.05, 0) is 73.4 Å². The van der Waals surface area contributed by atoms with E-state index in [1.807, 2.05) is 9.80 Å². The van der Waals surface area contributed by atoms with Gasteiger partial charge in [0.2, 0.25) is 0 Å². The Bertz CT molecular complexity index is 1020.